The topological polar surface area (TPSA) is 37.4 Å². The van der Waals surface area contributed by atoms with Crippen LogP contribution in [0, 0.1) is 0 Å². The number of hydrogen-bond acceptors (Lipinski definition) is 4. The van der Waals surface area contributed by atoms with E-state index in [4.69, 9.17) is 4.74 Å². The van der Waals surface area contributed by atoms with Crippen molar-refractivity contribution in [3.63, 3.8) is 0 Å². The smallest absolute Gasteiger partial charge is 0.0772 e. The number of morpholine rings is 1. The third kappa shape index (κ3) is 1.39. The summed E-state index contributed by atoms with van der Waals surface area (Å²) in [5.41, 5.74) is 3.50. The fraction of sp³-hybridized carbons (Fsp3) is 0.357. The zero-order chi connectivity index (χ0) is 11.9. The minimum absolute atomic E-state index is 0.442. The van der Waals surface area contributed by atoms with Gasteiger partial charge < -0.3 is 15.0 Å². The van der Waals surface area contributed by atoms with Crippen LogP contribution in [0.25, 0.3) is 10.9 Å². The summed E-state index contributed by atoms with van der Waals surface area (Å²) in [7, 11) is 0. The Morgan fingerprint density at radius 1 is 1.33 bits per heavy atom. The Hall–Kier alpha value is -1.81. The molecule has 1 N–H and O–H groups in total. The third-order valence-electron chi connectivity index (χ3n) is 3.79. The van der Waals surface area contributed by atoms with Gasteiger partial charge in [-0.3, -0.25) is 4.98 Å². The molecule has 2 aromatic rings. The molecule has 1 saturated heterocycles. The average Bonchev–Trinajstić information content (AvgIpc) is 2.46. The highest BCUT2D eigenvalue weighted by Crippen LogP contribution is 2.37. The maximum atomic E-state index is 5.57. The largest absolute Gasteiger partial charge is 0.380 e. The van der Waals surface area contributed by atoms with Gasteiger partial charge in [0.05, 0.1) is 42.3 Å². The van der Waals surface area contributed by atoms with Crippen LogP contribution in [0.5, 0.6) is 0 Å². The average molecular weight is 241 g/mol. The highest BCUT2D eigenvalue weighted by Gasteiger charge is 2.30. The lowest BCUT2D eigenvalue weighted by Crippen LogP contribution is -2.51. The summed E-state index contributed by atoms with van der Waals surface area (Å²) in [6, 6.07) is 8.78. The molecule has 92 valence electrons. The first-order valence-electron chi connectivity index (χ1n) is 6.39. The first-order chi connectivity index (χ1) is 8.93. The van der Waals surface area contributed by atoms with Gasteiger partial charge in [-0.15, -0.1) is 0 Å². The molecule has 1 fully saturated rings. The molecule has 1 unspecified atom stereocenters. The fourth-order valence-electron chi connectivity index (χ4n) is 2.91. The van der Waals surface area contributed by atoms with Gasteiger partial charge in [-0.05, 0) is 6.07 Å². The second-order valence-electron chi connectivity index (χ2n) is 4.84. The summed E-state index contributed by atoms with van der Waals surface area (Å²) >= 11 is 0. The Morgan fingerprint density at radius 3 is 3.28 bits per heavy atom. The highest BCUT2D eigenvalue weighted by atomic mass is 16.5. The summed E-state index contributed by atoms with van der Waals surface area (Å²) in [4.78, 5) is 6.98. The van der Waals surface area contributed by atoms with E-state index in [1.165, 1.54) is 11.1 Å². The van der Waals surface area contributed by atoms with E-state index in [2.05, 4.69) is 33.4 Å². The molecule has 0 spiro atoms. The van der Waals surface area contributed by atoms with Gasteiger partial charge in [0.15, 0.2) is 0 Å². The number of benzene rings is 1. The van der Waals surface area contributed by atoms with E-state index >= 15 is 0 Å². The lowest BCUT2D eigenvalue weighted by Gasteiger charge is -2.42. The van der Waals surface area contributed by atoms with E-state index in [9.17, 15) is 0 Å². The molecule has 0 radical (unpaired) electrons. The normalized spacial score (nSPS) is 22.2. The number of nitrogens with one attached hydrogen (secondary N) is 1. The van der Waals surface area contributed by atoms with Crippen LogP contribution in [0.4, 0.5) is 11.4 Å². The molecule has 0 amide bonds. The van der Waals surface area contributed by atoms with E-state index in [1.54, 1.807) is 0 Å². The van der Waals surface area contributed by atoms with Crippen LogP contribution in [0.3, 0.4) is 0 Å². The lowest BCUT2D eigenvalue weighted by molar-refractivity contribution is 0.0965. The van der Waals surface area contributed by atoms with Crippen LogP contribution in [-0.2, 0) is 4.74 Å². The quantitative estimate of drug-likeness (QED) is 0.764. The lowest BCUT2D eigenvalue weighted by atomic mass is 10.1. The molecular formula is C14H15N3O. The second kappa shape index (κ2) is 3.85. The van der Waals surface area contributed by atoms with Gasteiger partial charge in [-0.2, -0.15) is 0 Å². The number of aromatic nitrogens is 1. The van der Waals surface area contributed by atoms with Crippen LogP contribution in [0.15, 0.2) is 30.5 Å². The Morgan fingerprint density at radius 2 is 2.28 bits per heavy atom. The number of hydrogen-bond donors (Lipinski definition) is 1. The maximum Gasteiger partial charge on any atom is 0.0772 e. The van der Waals surface area contributed by atoms with Crippen LogP contribution < -0.4 is 10.2 Å². The van der Waals surface area contributed by atoms with Gasteiger partial charge in [0.25, 0.3) is 0 Å². The van der Waals surface area contributed by atoms with Crippen LogP contribution in [0.2, 0.25) is 0 Å². The van der Waals surface area contributed by atoms with E-state index in [1.807, 2.05) is 12.3 Å². The van der Waals surface area contributed by atoms with Crippen molar-refractivity contribution >= 4 is 22.3 Å². The number of nitrogens with zero attached hydrogens (tertiary/aromatic N) is 2. The number of ether oxygens (including phenoxy) is 1. The summed E-state index contributed by atoms with van der Waals surface area (Å²) in [6.45, 7) is 3.52. The molecule has 18 heavy (non-hydrogen) atoms. The van der Waals surface area contributed by atoms with Gasteiger partial charge in [-0.25, -0.2) is 0 Å². The van der Waals surface area contributed by atoms with Gasteiger partial charge in [0.1, 0.15) is 0 Å². The maximum absolute atomic E-state index is 5.57. The summed E-state index contributed by atoms with van der Waals surface area (Å²) in [5.74, 6) is 0. The predicted molar refractivity (Wildman–Crippen MR) is 72.2 cm³/mol. The predicted octanol–water partition coefficient (Wildman–Crippen LogP) is 1.87. The molecular weight excluding hydrogens is 226 g/mol. The van der Waals surface area contributed by atoms with Crippen molar-refractivity contribution in [2.75, 3.05) is 36.5 Å². The molecule has 0 aliphatic carbocycles. The van der Waals surface area contributed by atoms with Gasteiger partial charge in [0, 0.05) is 18.5 Å². The van der Waals surface area contributed by atoms with Crippen molar-refractivity contribution in [2.45, 2.75) is 6.04 Å². The van der Waals surface area contributed by atoms with Crippen LogP contribution in [-0.4, -0.2) is 37.3 Å². The second-order valence-corrected chi connectivity index (χ2v) is 4.84. The molecule has 0 saturated carbocycles. The van der Waals surface area contributed by atoms with Crippen molar-refractivity contribution in [3.8, 4) is 0 Å². The van der Waals surface area contributed by atoms with Gasteiger partial charge in [0.2, 0.25) is 0 Å². The molecule has 4 heteroatoms. The molecule has 2 aliphatic heterocycles. The number of pyridine rings is 1. The zero-order valence-electron chi connectivity index (χ0n) is 10.1. The Bertz CT molecular complexity index is 599. The monoisotopic (exact) mass is 241 g/mol. The van der Waals surface area contributed by atoms with Crippen molar-refractivity contribution in [2.24, 2.45) is 0 Å². The van der Waals surface area contributed by atoms with Gasteiger partial charge in [-0.1, -0.05) is 18.2 Å². The molecule has 4 rings (SSSR count). The first kappa shape index (κ1) is 10.1. The molecule has 1 atom stereocenters. The van der Waals surface area contributed by atoms with Crippen molar-refractivity contribution in [1.29, 1.82) is 0 Å². The van der Waals surface area contributed by atoms with E-state index in [0.29, 0.717) is 6.04 Å². The SMILES string of the molecule is c1ccc2c3c(cnc2c1)NCC1COCCN31. The summed E-state index contributed by atoms with van der Waals surface area (Å²) in [6.07, 6.45) is 1.95. The number of rotatable bonds is 0. The van der Waals surface area contributed by atoms with Crippen molar-refractivity contribution in [1.82, 2.24) is 4.98 Å². The molecule has 1 aromatic heterocycles. The van der Waals surface area contributed by atoms with Crippen molar-refractivity contribution < 1.29 is 4.74 Å². The van der Waals surface area contributed by atoms with E-state index < -0.39 is 0 Å². The number of para-hydroxylation sites is 1. The minimum atomic E-state index is 0.442. The molecule has 4 nitrogen and oxygen atoms in total. The number of fused-ring (bicyclic) bond motifs is 5. The van der Waals surface area contributed by atoms with Crippen molar-refractivity contribution in [3.05, 3.63) is 30.5 Å². The van der Waals surface area contributed by atoms with E-state index in [-0.39, 0.29) is 0 Å². The standard InChI is InChI=1S/C14H15N3O/c1-2-4-12-11(3-1)14-13(8-16-12)15-7-10-9-18-6-5-17(10)14/h1-4,8,10,15H,5-7,9H2. The molecule has 0 bridgehead atoms. The first-order valence-corrected chi connectivity index (χ1v) is 6.39. The summed E-state index contributed by atoms with van der Waals surface area (Å²) < 4.78 is 5.57. The molecule has 1 aromatic carbocycles. The Labute approximate surface area is 106 Å². The molecule has 3 heterocycles. The highest BCUT2D eigenvalue weighted by molar-refractivity contribution is 5.99. The van der Waals surface area contributed by atoms with Gasteiger partial charge >= 0.3 is 0 Å². The Balaban J connectivity index is 1.95. The Kier molecular flexibility index (Phi) is 2.17. The minimum Gasteiger partial charge on any atom is -0.380 e. The summed E-state index contributed by atoms with van der Waals surface area (Å²) in [5, 5.41) is 4.70. The van der Waals surface area contributed by atoms with Crippen LogP contribution in [0.1, 0.15) is 0 Å². The molecule has 2 aliphatic rings. The fourth-order valence-corrected chi connectivity index (χ4v) is 2.91. The van der Waals surface area contributed by atoms with E-state index in [0.717, 1.165) is 37.5 Å². The zero-order valence-corrected chi connectivity index (χ0v) is 10.1. The third-order valence-corrected chi connectivity index (χ3v) is 3.79. The number of anilines is 2. The van der Waals surface area contributed by atoms with Crippen LogP contribution >= 0.6 is 0 Å².